The number of fused-ring (bicyclic) bond motifs is 1. The van der Waals surface area contributed by atoms with Crippen LogP contribution in [0.15, 0.2) is 24.3 Å². The standard InChI is InChI=1S/C13H19N/c1-10-9-11-7-5-6-8-12(11)13(2,3)14(10)4/h5-8,10H,9H2,1-4H3/t10-/m1/s1. The van der Waals surface area contributed by atoms with E-state index >= 15 is 0 Å². The summed E-state index contributed by atoms with van der Waals surface area (Å²) in [5.74, 6) is 0. The lowest BCUT2D eigenvalue weighted by atomic mass is 9.81. The van der Waals surface area contributed by atoms with Crippen molar-refractivity contribution in [2.24, 2.45) is 0 Å². The molecule has 76 valence electrons. The SMILES string of the molecule is C[C@@H]1Cc2ccccc2C(C)(C)N1C. The Hall–Kier alpha value is -0.820. The van der Waals surface area contributed by atoms with Gasteiger partial charge in [0.15, 0.2) is 0 Å². The third-order valence-electron chi connectivity index (χ3n) is 3.73. The summed E-state index contributed by atoms with van der Waals surface area (Å²) in [5.41, 5.74) is 3.18. The van der Waals surface area contributed by atoms with E-state index in [4.69, 9.17) is 0 Å². The minimum atomic E-state index is 0.175. The molecule has 0 saturated carbocycles. The largest absolute Gasteiger partial charge is 0.294 e. The maximum atomic E-state index is 2.47. The molecule has 0 radical (unpaired) electrons. The maximum absolute atomic E-state index is 2.47. The van der Waals surface area contributed by atoms with Crippen molar-refractivity contribution in [1.82, 2.24) is 4.90 Å². The second kappa shape index (κ2) is 3.09. The van der Waals surface area contributed by atoms with Crippen LogP contribution in [0.3, 0.4) is 0 Å². The molecular formula is C13H19N. The van der Waals surface area contributed by atoms with Crippen LogP contribution in [-0.2, 0) is 12.0 Å². The summed E-state index contributed by atoms with van der Waals surface area (Å²) >= 11 is 0. The van der Waals surface area contributed by atoms with E-state index < -0.39 is 0 Å². The highest BCUT2D eigenvalue weighted by Gasteiger charge is 2.35. The minimum Gasteiger partial charge on any atom is -0.294 e. The fraction of sp³-hybridized carbons (Fsp3) is 0.538. The van der Waals surface area contributed by atoms with Crippen LogP contribution < -0.4 is 0 Å². The van der Waals surface area contributed by atoms with E-state index in [9.17, 15) is 0 Å². The first-order chi connectivity index (χ1) is 6.53. The quantitative estimate of drug-likeness (QED) is 0.606. The first-order valence-electron chi connectivity index (χ1n) is 5.35. The van der Waals surface area contributed by atoms with E-state index in [1.807, 2.05) is 0 Å². The fourth-order valence-electron chi connectivity index (χ4n) is 2.49. The Bertz CT molecular complexity index is 341. The zero-order chi connectivity index (χ0) is 10.3. The highest BCUT2D eigenvalue weighted by molar-refractivity contribution is 5.35. The average molecular weight is 189 g/mol. The maximum Gasteiger partial charge on any atom is 0.0407 e. The monoisotopic (exact) mass is 189 g/mol. The fourth-order valence-corrected chi connectivity index (χ4v) is 2.49. The van der Waals surface area contributed by atoms with E-state index in [-0.39, 0.29) is 5.54 Å². The van der Waals surface area contributed by atoms with Crippen LogP contribution in [0.2, 0.25) is 0 Å². The first-order valence-corrected chi connectivity index (χ1v) is 5.35. The number of hydrogen-bond acceptors (Lipinski definition) is 1. The van der Waals surface area contributed by atoms with Gasteiger partial charge in [-0.15, -0.1) is 0 Å². The summed E-state index contributed by atoms with van der Waals surface area (Å²) < 4.78 is 0. The third kappa shape index (κ3) is 1.27. The Morgan fingerprint density at radius 2 is 1.93 bits per heavy atom. The lowest BCUT2D eigenvalue weighted by Crippen LogP contribution is -2.49. The minimum absolute atomic E-state index is 0.175. The molecule has 0 fully saturated rings. The Morgan fingerprint density at radius 1 is 1.29 bits per heavy atom. The van der Waals surface area contributed by atoms with E-state index in [0.29, 0.717) is 6.04 Å². The van der Waals surface area contributed by atoms with Crippen molar-refractivity contribution < 1.29 is 0 Å². The normalized spacial score (nSPS) is 25.9. The molecule has 0 N–H and O–H groups in total. The molecule has 0 aromatic heterocycles. The predicted octanol–water partition coefficient (Wildman–Crippen LogP) is 2.80. The predicted molar refractivity (Wildman–Crippen MR) is 60.4 cm³/mol. The Labute approximate surface area is 86.7 Å². The molecule has 1 heteroatoms. The van der Waals surface area contributed by atoms with Gasteiger partial charge in [-0.25, -0.2) is 0 Å². The van der Waals surface area contributed by atoms with Crippen molar-refractivity contribution in [3.63, 3.8) is 0 Å². The summed E-state index contributed by atoms with van der Waals surface area (Å²) in [5, 5.41) is 0. The smallest absolute Gasteiger partial charge is 0.0407 e. The Morgan fingerprint density at radius 3 is 2.64 bits per heavy atom. The zero-order valence-corrected chi connectivity index (χ0v) is 9.54. The van der Waals surface area contributed by atoms with Crippen LogP contribution in [0.5, 0.6) is 0 Å². The number of benzene rings is 1. The van der Waals surface area contributed by atoms with Crippen LogP contribution in [0.25, 0.3) is 0 Å². The Balaban J connectivity index is 2.54. The summed E-state index contributed by atoms with van der Waals surface area (Å²) in [6.07, 6.45) is 1.18. The topological polar surface area (TPSA) is 3.24 Å². The van der Waals surface area contributed by atoms with Crippen LogP contribution in [-0.4, -0.2) is 18.0 Å². The summed E-state index contributed by atoms with van der Waals surface area (Å²) in [4.78, 5) is 2.47. The molecule has 2 rings (SSSR count). The van der Waals surface area contributed by atoms with E-state index in [1.54, 1.807) is 0 Å². The van der Waals surface area contributed by atoms with Crippen molar-refractivity contribution in [2.45, 2.75) is 38.8 Å². The molecular weight excluding hydrogens is 170 g/mol. The molecule has 1 aromatic carbocycles. The molecule has 1 nitrogen and oxygen atoms in total. The molecule has 14 heavy (non-hydrogen) atoms. The average Bonchev–Trinajstić information content (AvgIpc) is 2.15. The highest BCUT2D eigenvalue weighted by atomic mass is 15.2. The van der Waals surface area contributed by atoms with E-state index in [1.165, 1.54) is 17.5 Å². The number of rotatable bonds is 0. The van der Waals surface area contributed by atoms with E-state index in [2.05, 4.69) is 57.0 Å². The molecule has 1 aliphatic rings. The molecule has 1 aliphatic heterocycles. The molecule has 1 atom stereocenters. The van der Waals surface area contributed by atoms with Crippen LogP contribution >= 0.6 is 0 Å². The van der Waals surface area contributed by atoms with Crippen LogP contribution in [0, 0.1) is 0 Å². The number of nitrogens with zero attached hydrogens (tertiary/aromatic N) is 1. The van der Waals surface area contributed by atoms with E-state index in [0.717, 1.165) is 0 Å². The summed E-state index contributed by atoms with van der Waals surface area (Å²) in [6.45, 7) is 6.92. The van der Waals surface area contributed by atoms with Gasteiger partial charge in [-0.2, -0.15) is 0 Å². The van der Waals surface area contributed by atoms with Crippen LogP contribution in [0.1, 0.15) is 31.9 Å². The van der Waals surface area contributed by atoms with Gasteiger partial charge in [-0.05, 0) is 45.4 Å². The molecule has 1 aromatic rings. The van der Waals surface area contributed by atoms with Gasteiger partial charge >= 0.3 is 0 Å². The molecule has 0 spiro atoms. The number of likely N-dealkylation sites (N-methyl/N-ethyl adjacent to an activating group) is 1. The van der Waals surface area contributed by atoms with Gasteiger partial charge in [0.1, 0.15) is 0 Å². The van der Waals surface area contributed by atoms with Crippen molar-refractivity contribution >= 4 is 0 Å². The van der Waals surface area contributed by atoms with Gasteiger partial charge < -0.3 is 0 Å². The second-order valence-electron chi connectivity index (χ2n) is 4.88. The number of hydrogen-bond donors (Lipinski definition) is 0. The second-order valence-corrected chi connectivity index (χ2v) is 4.88. The van der Waals surface area contributed by atoms with Crippen molar-refractivity contribution in [2.75, 3.05) is 7.05 Å². The van der Waals surface area contributed by atoms with Gasteiger partial charge in [-0.3, -0.25) is 4.90 Å². The third-order valence-corrected chi connectivity index (χ3v) is 3.73. The lowest BCUT2D eigenvalue weighted by molar-refractivity contribution is 0.0930. The molecule has 0 unspecified atom stereocenters. The summed E-state index contributed by atoms with van der Waals surface area (Å²) in [7, 11) is 2.22. The Kier molecular flexibility index (Phi) is 2.15. The molecule has 0 saturated heterocycles. The van der Waals surface area contributed by atoms with Crippen molar-refractivity contribution in [3.8, 4) is 0 Å². The highest BCUT2D eigenvalue weighted by Crippen LogP contribution is 2.36. The molecule has 0 amide bonds. The molecule has 1 heterocycles. The first kappa shape index (κ1) is 9.72. The molecule has 0 aliphatic carbocycles. The van der Waals surface area contributed by atoms with Gasteiger partial charge in [0.2, 0.25) is 0 Å². The lowest BCUT2D eigenvalue weighted by Gasteiger charge is -2.45. The van der Waals surface area contributed by atoms with Gasteiger partial charge in [-0.1, -0.05) is 24.3 Å². The van der Waals surface area contributed by atoms with Gasteiger partial charge in [0, 0.05) is 11.6 Å². The molecule has 0 bridgehead atoms. The van der Waals surface area contributed by atoms with Crippen molar-refractivity contribution in [3.05, 3.63) is 35.4 Å². The van der Waals surface area contributed by atoms with Crippen molar-refractivity contribution in [1.29, 1.82) is 0 Å². The summed E-state index contributed by atoms with van der Waals surface area (Å²) in [6, 6.07) is 9.45. The zero-order valence-electron chi connectivity index (χ0n) is 9.54. The van der Waals surface area contributed by atoms with Crippen LogP contribution in [0.4, 0.5) is 0 Å². The van der Waals surface area contributed by atoms with Gasteiger partial charge in [0.25, 0.3) is 0 Å². The van der Waals surface area contributed by atoms with Gasteiger partial charge in [0.05, 0.1) is 0 Å².